The van der Waals surface area contributed by atoms with Gasteiger partial charge in [-0.2, -0.15) is 0 Å². The lowest BCUT2D eigenvalue weighted by Crippen LogP contribution is -2.10. The van der Waals surface area contributed by atoms with Gasteiger partial charge in [0.05, 0.1) is 24.8 Å². The van der Waals surface area contributed by atoms with Gasteiger partial charge in [-0.3, -0.25) is 0 Å². The van der Waals surface area contributed by atoms with Gasteiger partial charge in [-0.25, -0.2) is 4.98 Å². The summed E-state index contributed by atoms with van der Waals surface area (Å²) < 4.78 is 13.5. The van der Waals surface area contributed by atoms with Gasteiger partial charge in [-0.1, -0.05) is 12.1 Å². The van der Waals surface area contributed by atoms with Crippen LogP contribution in [0.3, 0.4) is 0 Å². The molecular formula is C24H30N2O3. The number of ether oxygens (including phenoxy) is 2. The zero-order chi connectivity index (χ0) is 21.0. The number of imidazole rings is 1. The quantitative estimate of drug-likeness (QED) is 0.414. The van der Waals surface area contributed by atoms with E-state index in [1.54, 1.807) is 14.0 Å². The molecule has 1 unspecified atom stereocenters. The number of methoxy groups -OCH3 is 1. The lowest BCUT2D eigenvalue weighted by Gasteiger charge is -2.14. The van der Waals surface area contributed by atoms with Crippen LogP contribution in [0, 0.1) is 13.8 Å². The maximum Gasteiger partial charge on any atom is 0.161 e. The van der Waals surface area contributed by atoms with E-state index in [1.807, 2.05) is 24.3 Å². The van der Waals surface area contributed by atoms with E-state index in [2.05, 4.69) is 42.1 Å². The number of allylic oxidation sites excluding steroid dienone is 1. The minimum absolute atomic E-state index is 0.543. The van der Waals surface area contributed by atoms with Gasteiger partial charge in [0.1, 0.15) is 11.9 Å². The average Bonchev–Trinajstić information content (AvgIpc) is 3.04. The monoisotopic (exact) mass is 394 g/mol. The number of fused-ring (bicyclic) bond motifs is 1. The molecule has 0 amide bonds. The average molecular weight is 395 g/mol. The molecule has 0 aliphatic heterocycles. The number of hydrogen-bond acceptors (Lipinski definition) is 4. The van der Waals surface area contributed by atoms with Gasteiger partial charge in [0.15, 0.2) is 11.5 Å². The largest absolute Gasteiger partial charge is 0.493 e. The third kappa shape index (κ3) is 4.62. The minimum Gasteiger partial charge on any atom is -0.493 e. The second kappa shape index (κ2) is 9.14. The van der Waals surface area contributed by atoms with E-state index in [1.165, 1.54) is 11.1 Å². The van der Waals surface area contributed by atoms with Crippen molar-refractivity contribution >= 4 is 11.0 Å². The summed E-state index contributed by atoms with van der Waals surface area (Å²) in [5.74, 6) is 2.16. The summed E-state index contributed by atoms with van der Waals surface area (Å²) in [4.78, 5) is 4.65. The molecule has 0 saturated heterocycles. The molecule has 1 N–H and O–H groups in total. The molecule has 1 heterocycles. The Morgan fingerprint density at radius 3 is 2.62 bits per heavy atom. The number of nitrogens with zero attached hydrogens (tertiary/aromatic N) is 2. The normalized spacial score (nSPS) is 12.2. The van der Waals surface area contributed by atoms with Crippen molar-refractivity contribution in [2.24, 2.45) is 0 Å². The molecule has 2 aromatic carbocycles. The molecular weight excluding hydrogens is 364 g/mol. The highest BCUT2D eigenvalue weighted by molar-refractivity contribution is 5.78. The molecule has 0 aliphatic rings. The first-order valence-electron chi connectivity index (χ1n) is 10.0. The Balaban J connectivity index is 1.72. The molecule has 29 heavy (non-hydrogen) atoms. The molecule has 1 atom stereocenters. The first kappa shape index (κ1) is 20.9. The maximum atomic E-state index is 10.2. The Kier molecular flexibility index (Phi) is 6.60. The van der Waals surface area contributed by atoms with E-state index in [0.717, 1.165) is 47.5 Å². The van der Waals surface area contributed by atoms with Crippen molar-refractivity contribution in [2.45, 2.75) is 46.3 Å². The van der Waals surface area contributed by atoms with Crippen molar-refractivity contribution < 1.29 is 14.6 Å². The van der Waals surface area contributed by atoms with Crippen molar-refractivity contribution in [3.63, 3.8) is 0 Å². The van der Waals surface area contributed by atoms with E-state index in [9.17, 15) is 5.11 Å². The summed E-state index contributed by atoms with van der Waals surface area (Å²) in [6, 6.07) is 10.2. The fraction of sp³-hybridized carbons (Fsp3) is 0.375. The van der Waals surface area contributed by atoms with Crippen LogP contribution in [0.4, 0.5) is 0 Å². The van der Waals surface area contributed by atoms with E-state index >= 15 is 0 Å². The second-order valence-electron chi connectivity index (χ2n) is 7.40. The van der Waals surface area contributed by atoms with E-state index in [4.69, 9.17) is 9.47 Å². The van der Waals surface area contributed by atoms with E-state index in [0.29, 0.717) is 12.4 Å². The molecule has 3 rings (SSSR count). The molecule has 3 aromatic rings. The zero-order valence-electron chi connectivity index (χ0n) is 17.7. The fourth-order valence-electron chi connectivity index (χ4n) is 3.48. The van der Waals surface area contributed by atoms with Gasteiger partial charge in [-0.15, -0.1) is 6.58 Å². The van der Waals surface area contributed by atoms with Crippen molar-refractivity contribution in [3.8, 4) is 11.5 Å². The van der Waals surface area contributed by atoms with Crippen LogP contribution >= 0.6 is 0 Å². The Bertz CT molecular complexity index is 1010. The van der Waals surface area contributed by atoms with Crippen LogP contribution in [0.5, 0.6) is 11.5 Å². The number of aliphatic hydroxyl groups excluding tert-OH is 1. The summed E-state index contributed by atoms with van der Waals surface area (Å²) >= 11 is 0. The third-order valence-corrected chi connectivity index (χ3v) is 5.16. The number of aromatic nitrogens is 2. The standard InChI is InChI=1S/C24H30N2O3/c1-6-8-19-9-10-22(23(15-19)28-5)29-12-7-11-26-21-14-17(3)16(2)13-20(21)25-24(26)18(4)27/h6,9-10,13-15,18,27H,1,7-8,11-12H2,2-5H3. The summed E-state index contributed by atoms with van der Waals surface area (Å²) in [5.41, 5.74) is 5.53. The molecule has 0 saturated carbocycles. The SMILES string of the molecule is C=CCc1ccc(OCCCn2c(C(C)O)nc3cc(C)c(C)cc32)c(OC)c1. The van der Waals surface area contributed by atoms with Crippen molar-refractivity contribution in [1.29, 1.82) is 0 Å². The highest BCUT2D eigenvalue weighted by atomic mass is 16.5. The molecule has 1 aromatic heterocycles. The van der Waals surface area contributed by atoms with Crippen molar-refractivity contribution in [3.05, 3.63) is 65.5 Å². The number of hydrogen-bond donors (Lipinski definition) is 1. The Morgan fingerprint density at radius 2 is 1.93 bits per heavy atom. The number of aryl methyl sites for hydroxylation is 3. The van der Waals surface area contributed by atoms with Gasteiger partial charge >= 0.3 is 0 Å². The fourth-order valence-corrected chi connectivity index (χ4v) is 3.48. The first-order chi connectivity index (χ1) is 13.9. The van der Waals surface area contributed by atoms with E-state index in [-0.39, 0.29) is 0 Å². The molecule has 0 aliphatic carbocycles. The van der Waals surface area contributed by atoms with Crippen LogP contribution in [-0.2, 0) is 13.0 Å². The van der Waals surface area contributed by atoms with Crippen LogP contribution in [-0.4, -0.2) is 28.4 Å². The Morgan fingerprint density at radius 1 is 1.17 bits per heavy atom. The molecule has 0 bridgehead atoms. The van der Waals surface area contributed by atoms with Crippen LogP contribution < -0.4 is 9.47 Å². The van der Waals surface area contributed by atoms with Crippen LogP contribution in [0.2, 0.25) is 0 Å². The van der Waals surface area contributed by atoms with Gasteiger partial charge in [-0.05, 0) is 74.6 Å². The lowest BCUT2D eigenvalue weighted by atomic mass is 10.1. The van der Waals surface area contributed by atoms with Gasteiger partial charge in [0.25, 0.3) is 0 Å². The Labute approximate surface area is 172 Å². The molecule has 0 radical (unpaired) electrons. The number of aliphatic hydroxyl groups is 1. The zero-order valence-corrected chi connectivity index (χ0v) is 17.7. The van der Waals surface area contributed by atoms with Gasteiger partial charge < -0.3 is 19.1 Å². The number of benzene rings is 2. The predicted octanol–water partition coefficient (Wildman–Crippen LogP) is 4.91. The molecule has 5 heteroatoms. The van der Waals surface area contributed by atoms with Crippen molar-refractivity contribution in [2.75, 3.05) is 13.7 Å². The number of rotatable bonds is 9. The summed E-state index contributed by atoms with van der Waals surface area (Å²) in [6.07, 6.45) is 2.83. The molecule has 0 spiro atoms. The van der Waals surface area contributed by atoms with E-state index < -0.39 is 6.10 Å². The first-order valence-corrected chi connectivity index (χ1v) is 10.0. The van der Waals surface area contributed by atoms with Gasteiger partial charge in [0.2, 0.25) is 0 Å². The topological polar surface area (TPSA) is 56.5 Å². The summed E-state index contributed by atoms with van der Waals surface area (Å²) in [7, 11) is 1.65. The molecule has 154 valence electrons. The highest BCUT2D eigenvalue weighted by Gasteiger charge is 2.15. The predicted molar refractivity (Wildman–Crippen MR) is 117 cm³/mol. The lowest BCUT2D eigenvalue weighted by molar-refractivity contribution is 0.183. The third-order valence-electron chi connectivity index (χ3n) is 5.16. The summed E-state index contributed by atoms with van der Waals surface area (Å²) in [6.45, 7) is 11.0. The Hall–Kier alpha value is -2.79. The van der Waals surface area contributed by atoms with Crippen LogP contribution in [0.25, 0.3) is 11.0 Å². The van der Waals surface area contributed by atoms with Crippen LogP contribution in [0.1, 0.15) is 42.0 Å². The van der Waals surface area contributed by atoms with Gasteiger partial charge in [0, 0.05) is 6.54 Å². The molecule has 5 nitrogen and oxygen atoms in total. The molecule has 0 fully saturated rings. The van der Waals surface area contributed by atoms with Crippen molar-refractivity contribution in [1.82, 2.24) is 9.55 Å². The van der Waals surface area contributed by atoms with Crippen LogP contribution in [0.15, 0.2) is 43.0 Å². The summed E-state index contributed by atoms with van der Waals surface area (Å²) in [5, 5.41) is 10.2. The smallest absolute Gasteiger partial charge is 0.161 e. The second-order valence-corrected chi connectivity index (χ2v) is 7.40. The maximum absolute atomic E-state index is 10.2. The minimum atomic E-state index is -0.624. The highest BCUT2D eigenvalue weighted by Crippen LogP contribution is 2.29.